The minimum atomic E-state index is -0.172. The SMILES string of the molecule is Cc1ccc(-c2ocnc2C(=O)NCCCN2CCc3ccccc3C2)s1. The van der Waals surface area contributed by atoms with Crippen molar-refractivity contribution in [1.29, 1.82) is 0 Å². The highest BCUT2D eigenvalue weighted by molar-refractivity contribution is 7.15. The van der Waals surface area contributed by atoms with Crippen LogP contribution in [0.1, 0.15) is 32.9 Å². The van der Waals surface area contributed by atoms with Gasteiger partial charge >= 0.3 is 0 Å². The maximum atomic E-state index is 12.5. The zero-order chi connectivity index (χ0) is 18.6. The van der Waals surface area contributed by atoms with Crippen LogP contribution in [0.3, 0.4) is 0 Å². The van der Waals surface area contributed by atoms with Gasteiger partial charge < -0.3 is 9.73 Å². The number of nitrogens with one attached hydrogen (secondary N) is 1. The lowest BCUT2D eigenvalue weighted by Crippen LogP contribution is -2.33. The fraction of sp³-hybridized carbons (Fsp3) is 0.333. The van der Waals surface area contributed by atoms with Gasteiger partial charge in [-0.2, -0.15) is 0 Å². The van der Waals surface area contributed by atoms with Crippen molar-refractivity contribution in [2.75, 3.05) is 19.6 Å². The summed E-state index contributed by atoms with van der Waals surface area (Å²) in [6.45, 7) is 5.71. The van der Waals surface area contributed by atoms with Crippen molar-refractivity contribution < 1.29 is 9.21 Å². The molecule has 1 aliphatic heterocycles. The number of fused-ring (bicyclic) bond motifs is 1. The molecule has 0 radical (unpaired) electrons. The first kappa shape index (κ1) is 17.9. The molecule has 1 amide bonds. The van der Waals surface area contributed by atoms with Gasteiger partial charge in [-0.3, -0.25) is 9.69 Å². The number of aryl methyl sites for hydroxylation is 1. The molecule has 3 heterocycles. The third-order valence-electron chi connectivity index (χ3n) is 4.89. The first-order valence-electron chi connectivity index (χ1n) is 9.28. The number of carbonyl (C=O) groups excluding carboxylic acids is 1. The highest BCUT2D eigenvalue weighted by Crippen LogP contribution is 2.30. The molecule has 1 aromatic carbocycles. The van der Waals surface area contributed by atoms with E-state index in [4.69, 9.17) is 4.42 Å². The second kappa shape index (κ2) is 8.06. The van der Waals surface area contributed by atoms with E-state index in [1.807, 2.05) is 19.1 Å². The Morgan fingerprint density at radius 3 is 2.93 bits per heavy atom. The van der Waals surface area contributed by atoms with Crippen molar-refractivity contribution in [2.24, 2.45) is 0 Å². The fourth-order valence-corrected chi connectivity index (χ4v) is 4.33. The highest BCUT2D eigenvalue weighted by Gasteiger charge is 2.19. The van der Waals surface area contributed by atoms with Crippen LogP contribution in [0.25, 0.3) is 10.6 Å². The minimum Gasteiger partial charge on any atom is -0.442 e. The Morgan fingerprint density at radius 1 is 1.26 bits per heavy atom. The smallest absolute Gasteiger partial charge is 0.273 e. The predicted octanol–water partition coefficient (Wildman–Crippen LogP) is 3.89. The lowest BCUT2D eigenvalue weighted by molar-refractivity contribution is 0.0947. The van der Waals surface area contributed by atoms with Gasteiger partial charge in [-0.15, -0.1) is 11.3 Å². The normalized spacial score (nSPS) is 14.1. The summed E-state index contributed by atoms with van der Waals surface area (Å²) < 4.78 is 5.45. The fourth-order valence-electron chi connectivity index (χ4n) is 3.47. The Labute approximate surface area is 163 Å². The second-order valence-electron chi connectivity index (χ2n) is 6.84. The highest BCUT2D eigenvalue weighted by atomic mass is 32.1. The van der Waals surface area contributed by atoms with Crippen LogP contribution < -0.4 is 5.32 Å². The lowest BCUT2D eigenvalue weighted by atomic mass is 10.00. The van der Waals surface area contributed by atoms with Gasteiger partial charge in [0.15, 0.2) is 17.8 Å². The number of carbonyl (C=O) groups is 1. The van der Waals surface area contributed by atoms with Crippen LogP contribution in [0.5, 0.6) is 0 Å². The quantitative estimate of drug-likeness (QED) is 0.658. The Kier molecular flexibility index (Phi) is 5.36. The standard InChI is InChI=1S/C21H23N3O2S/c1-15-7-8-18(27-15)20-19(23-14-26-20)21(25)22-10-4-11-24-12-9-16-5-2-3-6-17(16)13-24/h2-3,5-8,14H,4,9-13H2,1H3,(H,22,25). The van der Waals surface area contributed by atoms with E-state index in [-0.39, 0.29) is 5.91 Å². The summed E-state index contributed by atoms with van der Waals surface area (Å²) in [7, 11) is 0. The van der Waals surface area contributed by atoms with Gasteiger partial charge in [-0.1, -0.05) is 24.3 Å². The Bertz CT molecular complexity index is 931. The van der Waals surface area contributed by atoms with Gasteiger partial charge in [0.2, 0.25) is 0 Å². The number of rotatable bonds is 6. The van der Waals surface area contributed by atoms with E-state index in [0.717, 1.165) is 37.4 Å². The van der Waals surface area contributed by atoms with Crippen molar-refractivity contribution in [3.05, 3.63) is 64.5 Å². The molecule has 2 aromatic heterocycles. The van der Waals surface area contributed by atoms with E-state index in [2.05, 4.69) is 39.5 Å². The molecule has 0 fully saturated rings. The predicted molar refractivity (Wildman–Crippen MR) is 107 cm³/mol. The summed E-state index contributed by atoms with van der Waals surface area (Å²) in [4.78, 5) is 21.1. The third kappa shape index (κ3) is 4.12. The zero-order valence-electron chi connectivity index (χ0n) is 15.4. The van der Waals surface area contributed by atoms with E-state index in [1.165, 1.54) is 22.4 Å². The second-order valence-corrected chi connectivity index (χ2v) is 8.13. The molecule has 0 spiro atoms. The van der Waals surface area contributed by atoms with Crippen LogP contribution in [0, 0.1) is 6.92 Å². The average molecular weight is 382 g/mol. The van der Waals surface area contributed by atoms with Gasteiger partial charge in [0, 0.05) is 31.1 Å². The van der Waals surface area contributed by atoms with Crippen molar-refractivity contribution in [3.8, 4) is 10.6 Å². The Balaban J connectivity index is 1.27. The molecule has 5 nitrogen and oxygen atoms in total. The molecular weight excluding hydrogens is 358 g/mol. The lowest BCUT2D eigenvalue weighted by Gasteiger charge is -2.28. The van der Waals surface area contributed by atoms with E-state index in [0.29, 0.717) is 18.0 Å². The monoisotopic (exact) mass is 381 g/mol. The first-order valence-corrected chi connectivity index (χ1v) is 10.1. The third-order valence-corrected chi connectivity index (χ3v) is 5.89. The average Bonchev–Trinajstić information content (AvgIpc) is 3.33. The number of hydrogen-bond donors (Lipinski definition) is 1. The molecule has 1 N–H and O–H groups in total. The molecule has 0 saturated carbocycles. The molecule has 0 bridgehead atoms. The number of aromatic nitrogens is 1. The van der Waals surface area contributed by atoms with Crippen molar-refractivity contribution in [2.45, 2.75) is 26.3 Å². The molecule has 1 aliphatic rings. The topological polar surface area (TPSA) is 58.4 Å². The molecule has 3 aromatic rings. The molecule has 6 heteroatoms. The van der Waals surface area contributed by atoms with Crippen molar-refractivity contribution in [3.63, 3.8) is 0 Å². The minimum absolute atomic E-state index is 0.172. The van der Waals surface area contributed by atoms with E-state index in [9.17, 15) is 4.79 Å². The maximum absolute atomic E-state index is 12.5. The largest absolute Gasteiger partial charge is 0.442 e. The van der Waals surface area contributed by atoms with Crippen LogP contribution >= 0.6 is 11.3 Å². The van der Waals surface area contributed by atoms with Crippen LogP contribution in [-0.4, -0.2) is 35.4 Å². The summed E-state index contributed by atoms with van der Waals surface area (Å²) in [5.74, 6) is 0.382. The molecular formula is C21H23N3O2S. The maximum Gasteiger partial charge on any atom is 0.273 e. The van der Waals surface area contributed by atoms with Crippen molar-refractivity contribution >= 4 is 17.2 Å². The van der Waals surface area contributed by atoms with Crippen molar-refractivity contribution in [1.82, 2.24) is 15.2 Å². The van der Waals surface area contributed by atoms with Gasteiger partial charge in [0.25, 0.3) is 5.91 Å². The summed E-state index contributed by atoms with van der Waals surface area (Å²) >= 11 is 1.60. The summed E-state index contributed by atoms with van der Waals surface area (Å²) in [5, 5.41) is 2.98. The van der Waals surface area contributed by atoms with Gasteiger partial charge in [-0.25, -0.2) is 4.98 Å². The number of amides is 1. The van der Waals surface area contributed by atoms with Crippen LogP contribution in [0.4, 0.5) is 0 Å². The van der Waals surface area contributed by atoms with Crippen LogP contribution in [0.2, 0.25) is 0 Å². The van der Waals surface area contributed by atoms with Gasteiger partial charge in [-0.05, 0) is 43.0 Å². The van der Waals surface area contributed by atoms with E-state index < -0.39 is 0 Å². The van der Waals surface area contributed by atoms with Gasteiger partial charge in [0.1, 0.15) is 0 Å². The molecule has 27 heavy (non-hydrogen) atoms. The Hall–Kier alpha value is -2.44. The number of benzene rings is 1. The molecule has 0 atom stereocenters. The van der Waals surface area contributed by atoms with E-state index in [1.54, 1.807) is 11.3 Å². The number of oxazole rings is 1. The number of hydrogen-bond acceptors (Lipinski definition) is 5. The molecule has 140 valence electrons. The zero-order valence-corrected chi connectivity index (χ0v) is 16.2. The van der Waals surface area contributed by atoms with E-state index >= 15 is 0 Å². The molecule has 4 rings (SSSR count). The molecule has 0 unspecified atom stereocenters. The summed E-state index contributed by atoms with van der Waals surface area (Å²) in [6.07, 6.45) is 3.36. The molecule has 0 aliphatic carbocycles. The number of thiophene rings is 1. The summed E-state index contributed by atoms with van der Waals surface area (Å²) in [5.41, 5.74) is 3.25. The van der Waals surface area contributed by atoms with Gasteiger partial charge in [0.05, 0.1) is 4.88 Å². The van der Waals surface area contributed by atoms with Crippen LogP contribution in [-0.2, 0) is 13.0 Å². The van der Waals surface area contributed by atoms with Crippen LogP contribution in [0.15, 0.2) is 47.2 Å². The Morgan fingerprint density at radius 2 is 2.11 bits per heavy atom. The first-order chi connectivity index (χ1) is 13.2. The summed E-state index contributed by atoms with van der Waals surface area (Å²) in [6, 6.07) is 12.6. The molecule has 0 saturated heterocycles. The number of nitrogens with zero attached hydrogens (tertiary/aromatic N) is 2.